The highest BCUT2D eigenvalue weighted by Gasteiger charge is 2.04. The van der Waals surface area contributed by atoms with Gasteiger partial charge in [-0.25, -0.2) is 0 Å². The molecule has 0 aliphatic rings. The number of nitrogens with one attached hydrogen (secondary N) is 2. The van der Waals surface area contributed by atoms with Gasteiger partial charge in [-0.05, 0) is 25.2 Å². The van der Waals surface area contributed by atoms with Gasteiger partial charge in [-0.2, -0.15) is 0 Å². The molecular weight excluding hydrogens is 312 g/mol. The van der Waals surface area contributed by atoms with Gasteiger partial charge in [0.1, 0.15) is 0 Å². The molecule has 148 valence electrons. The normalized spacial score (nSPS) is 10.9. The molecule has 4 nitrogen and oxygen atoms in total. The van der Waals surface area contributed by atoms with E-state index in [1.54, 1.807) is 0 Å². The minimum Gasteiger partial charge on any atom is -0.356 e. The molecule has 0 saturated carbocycles. The topological polar surface area (TPSA) is 58.2 Å². The fourth-order valence-electron chi connectivity index (χ4n) is 2.80. The van der Waals surface area contributed by atoms with E-state index in [-0.39, 0.29) is 11.8 Å². The first kappa shape index (κ1) is 23.9. The second kappa shape index (κ2) is 17.8. The van der Waals surface area contributed by atoms with Crippen molar-refractivity contribution in [1.29, 1.82) is 0 Å². The maximum atomic E-state index is 11.7. The largest absolute Gasteiger partial charge is 0.356 e. The van der Waals surface area contributed by atoms with Crippen molar-refractivity contribution >= 4 is 11.8 Å². The van der Waals surface area contributed by atoms with Crippen molar-refractivity contribution in [2.45, 2.75) is 104 Å². The Labute approximate surface area is 155 Å². The van der Waals surface area contributed by atoms with Gasteiger partial charge in [-0.3, -0.25) is 9.59 Å². The standard InChI is InChI=1S/C21H42N2O2/c1-4-5-6-8-11-17-22-20(24)15-13-16-21(25)23-18-12-9-7-10-14-19(2)3/h19H,4-18H2,1-3H3,(H,22,24)(H,23,25). The number of carbonyl (C=O) groups is 2. The van der Waals surface area contributed by atoms with E-state index >= 15 is 0 Å². The summed E-state index contributed by atoms with van der Waals surface area (Å²) in [6.07, 6.45) is 13.7. The van der Waals surface area contributed by atoms with Crippen LogP contribution in [0.1, 0.15) is 104 Å². The Morgan fingerprint density at radius 2 is 1.16 bits per heavy atom. The van der Waals surface area contributed by atoms with Crippen LogP contribution in [0.2, 0.25) is 0 Å². The van der Waals surface area contributed by atoms with E-state index in [1.807, 2.05) is 0 Å². The first-order chi connectivity index (χ1) is 12.1. The SMILES string of the molecule is CCCCCCCNC(=O)CCCC(=O)NCCCCCCC(C)C. The Bertz CT molecular complexity index is 330. The molecule has 0 rings (SSSR count). The van der Waals surface area contributed by atoms with Gasteiger partial charge in [0, 0.05) is 25.9 Å². The third-order valence-corrected chi connectivity index (χ3v) is 4.44. The van der Waals surface area contributed by atoms with Gasteiger partial charge < -0.3 is 10.6 Å². The fraction of sp³-hybridized carbons (Fsp3) is 0.905. The molecule has 0 heterocycles. The van der Waals surface area contributed by atoms with Gasteiger partial charge >= 0.3 is 0 Å². The quantitative estimate of drug-likeness (QED) is 0.362. The summed E-state index contributed by atoms with van der Waals surface area (Å²) in [4.78, 5) is 23.4. The minimum atomic E-state index is 0.0773. The average Bonchev–Trinajstić information content (AvgIpc) is 2.57. The molecule has 0 spiro atoms. The van der Waals surface area contributed by atoms with Crippen molar-refractivity contribution < 1.29 is 9.59 Å². The molecule has 0 aliphatic heterocycles. The third-order valence-electron chi connectivity index (χ3n) is 4.44. The van der Waals surface area contributed by atoms with Gasteiger partial charge in [0.2, 0.25) is 11.8 Å². The van der Waals surface area contributed by atoms with E-state index < -0.39 is 0 Å². The van der Waals surface area contributed by atoms with Crippen LogP contribution in [0, 0.1) is 5.92 Å². The van der Waals surface area contributed by atoms with E-state index in [0.29, 0.717) is 19.3 Å². The fourth-order valence-corrected chi connectivity index (χ4v) is 2.80. The van der Waals surface area contributed by atoms with Crippen LogP contribution in [-0.4, -0.2) is 24.9 Å². The van der Waals surface area contributed by atoms with Crippen molar-refractivity contribution in [3.8, 4) is 0 Å². The van der Waals surface area contributed by atoms with Crippen molar-refractivity contribution in [3.63, 3.8) is 0 Å². The van der Waals surface area contributed by atoms with E-state index in [4.69, 9.17) is 0 Å². The predicted molar refractivity (Wildman–Crippen MR) is 107 cm³/mol. The van der Waals surface area contributed by atoms with E-state index in [1.165, 1.54) is 51.4 Å². The van der Waals surface area contributed by atoms with Crippen LogP contribution in [0.5, 0.6) is 0 Å². The van der Waals surface area contributed by atoms with Gasteiger partial charge in [0.05, 0.1) is 0 Å². The molecule has 0 atom stereocenters. The number of rotatable bonds is 17. The predicted octanol–water partition coefficient (Wildman–Crippen LogP) is 4.97. The Balaban J connectivity index is 3.35. The van der Waals surface area contributed by atoms with Gasteiger partial charge in [-0.1, -0.05) is 72.1 Å². The van der Waals surface area contributed by atoms with Crippen LogP contribution in [-0.2, 0) is 9.59 Å². The molecule has 0 aromatic heterocycles. The Morgan fingerprint density at radius 3 is 1.64 bits per heavy atom. The molecule has 0 fully saturated rings. The van der Waals surface area contributed by atoms with Gasteiger partial charge in [0.25, 0.3) is 0 Å². The average molecular weight is 355 g/mol. The lowest BCUT2D eigenvalue weighted by Crippen LogP contribution is -2.26. The lowest BCUT2D eigenvalue weighted by molar-refractivity contribution is -0.122. The summed E-state index contributed by atoms with van der Waals surface area (Å²) >= 11 is 0. The molecule has 2 amide bonds. The van der Waals surface area contributed by atoms with Gasteiger partial charge in [0.15, 0.2) is 0 Å². The van der Waals surface area contributed by atoms with Gasteiger partial charge in [-0.15, -0.1) is 0 Å². The number of amides is 2. The Kier molecular flexibility index (Phi) is 17.0. The van der Waals surface area contributed by atoms with Crippen LogP contribution < -0.4 is 10.6 Å². The summed E-state index contributed by atoms with van der Waals surface area (Å²) in [5.74, 6) is 0.945. The lowest BCUT2D eigenvalue weighted by atomic mass is 10.0. The van der Waals surface area contributed by atoms with Crippen LogP contribution in [0.15, 0.2) is 0 Å². The maximum Gasteiger partial charge on any atom is 0.220 e. The highest BCUT2D eigenvalue weighted by atomic mass is 16.2. The maximum absolute atomic E-state index is 11.7. The summed E-state index contributed by atoms with van der Waals surface area (Å²) < 4.78 is 0. The lowest BCUT2D eigenvalue weighted by Gasteiger charge is -2.07. The molecule has 25 heavy (non-hydrogen) atoms. The smallest absolute Gasteiger partial charge is 0.220 e. The monoisotopic (exact) mass is 354 g/mol. The number of carbonyl (C=O) groups excluding carboxylic acids is 2. The Morgan fingerprint density at radius 1 is 0.680 bits per heavy atom. The zero-order valence-corrected chi connectivity index (χ0v) is 17.0. The molecule has 0 aliphatic carbocycles. The summed E-state index contributed by atoms with van der Waals surface area (Å²) in [5, 5.41) is 5.90. The van der Waals surface area contributed by atoms with Crippen molar-refractivity contribution in [2.75, 3.05) is 13.1 Å². The number of hydrogen-bond acceptors (Lipinski definition) is 2. The Hall–Kier alpha value is -1.06. The summed E-state index contributed by atoms with van der Waals surface area (Å²) in [5.41, 5.74) is 0. The first-order valence-electron chi connectivity index (χ1n) is 10.6. The molecule has 0 aromatic carbocycles. The molecule has 0 aromatic rings. The number of unbranched alkanes of at least 4 members (excludes halogenated alkanes) is 7. The van der Waals surface area contributed by atoms with Crippen molar-refractivity contribution in [3.05, 3.63) is 0 Å². The third kappa shape index (κ3) is 19.1. The van der Waals surface area contributed by atoms with E-state index in [0.717, 1.165) is 31.8 Å². The molecule has 2 N–H and O–H groups in total. The highest BCUT2D eigenvalue weighted by molar-refractivity contribution is 5.78. The van der Waals surface area contributed by atoms with Crippen LogP contribution in [0.3, 0.4) is 0 Å². The van der Waals surface area contributed by atoms with E-state index in [2.05, 4.69) is 31.4 Å². The van der Waals surface area contributed by atoms with Crippen molar-refractivity contribution in [1.82, 2.24) is 10.6 Å². The zero-order valence-electron chi connectivity index (χ0n) is 17.0. The number of hydrogen-bond donors (Lipinski definition) is 2. The zero-order chi connectivity index (χ0) is 18.8. The highest BCUT2D eigenvalue weighted by Crippen LogP contribution is 2.09. The van der Waals surface area contributed by atoms with Crippen LogP contribution in [0.25, 0.3) is 0 Å². The van der Waals surface area contributed by atoms with Crippen LogP contribution >= 0.6 is 0 Å². The van der Waals surface area contributed by atoms with E-state index in [9.17, 15) is 9.59 Å². The first-order valence-corrected chi connectivity index (χ1v) is 10.6. The van der Waals surface area contributed by atoms with Crippen molar-refractivity contribution in [2.24, 2.45) is 5.92 Å². The second-order valence-corrected chi connectivity index (χ2v) is 7.56. The molecule has 0 unspecified atom stereocenters. The molecule has 4 heteroatoms. The molecule has 0 saturated heterocycles. The summed E-state index contributed by atoms with van der Waals surface area (Å²) in [6, 6.07) is 0. The molecule has 0 radical (unpaired) electrons. The molecule has 0 bridgehead atoms. The summed E-state index contributed by atoms with van der Waals surface area (Å²) in [6.45, 7) is 8.25. The summed E-state index contributed by atoms with van der Waals surface area (Å²) in [7, 11) is 0. The second-order valence-electron chi connectivity index (χ2n) is 7.56. The van der Waals surface area contributed by atoms with Crippen LogP contribution in [0.4, 0.5) is 0 Å². The molecular formula is C21H42N2O2. The minimum absolute atomic E-state index is 0.0773.